The van der Waals surface area contributed by atoms with Crippen LogP contribution in [-0.4, -0.2) is 17.1 Å². The summed E-state index contributed by atoms with van der Waals surface area (Å²) in [5.74, 6) is 0.656. The van der Waals surface area contributed by atoms with Crippen molar-refractivity contribution in [2.75, 3.05) is 6.61 Å². The molecule has 92 valence electrons. The molecular weight excluding hydrogens is 290 g/mol. The van der Waals surface area contributed by atoms with Crippen molar-refractivity contribution >= 4 is 21.6 Å². The number of fused-ring (bicyclic) bond motifs is 1. The van der Waals surface area contributed by atoms with Crippen LogP contribution in [0.25, 0.3) is 0 Å². The van der Waals surface area contributed by atoms with Crippen LogP contribution >= 0.6 is 15.9 Å². The van der Waals surface area contributed by atoms with Crippen molar-refractivity contribution in [3.8, 4) is 11.5 Å². The first-order valence-electron chi connectivity index (χ1n) is 5.12. The Kier molecular flexibility index (Phi) is 2.99. The first-order valence-corrected chi connectivity index (χ1v) is 6.24. The van der Waals surface area contributed by atoms with Crippen LogP contribution in [-0.2, 0) is 5.33 Å². The lowest BCUT2D eigenvalue weighted by Gasteiger charge is -2.32. The molecule has 0 radical (unpaired) electrons. The van der Waals surface area contributed by atoms with Gasteiger partial charge in [0.15, 0.2) is 5.75 Å². The summed E-state index contributed by atoms with van der Waals surface area (Å²) >= 11 is 3.27. The third-order valence-electron chi connectivity index (χ3n) is 2.40. The SMILES string of the molecule is CC1(C)COc2cc(CBr)cc([N+](=O)[O-])c2O1. The van der Waals surface area contributed by atoms with Gasteiger partial charge in [0.05, 0.1) is 4.92 Å². The highest BCUT2D eigenvalue weighted by atomic mass is 79.9. The first kappa shape index (κ1) is 12.2. The molecule has 5 nitrogen and oxygen atoms in total. The molecule has 0 saturated carbocycles. The average molecular weight is 302 g/mol. The van der Waals surface area contributed by atoms with E-state index in [9.17, 15) is 10.1 Å². The van der Waals surface area contributed by atoms with E-state index in [1.54, 1.807) is 6.07 Å². The molecule has 1 aliphatic heterocycles. The van der Waals surface area contributed by atoms with Gasteiger partial charge in [-0.05, 0) is 25.5 Å². The number of hydrogen-bond acceptors (Lipinski definition) is 4. The van der Waals surface area contributed by atoms with Gasteiger partial charge in [0.1, 0.15) is 12.2 Å². The van der Waals surface area contributed by atoms with Gasteiger partial charge in [0.25, 0.3) is 0 Å². The molecule has 2 rings (SSSR count). The van der Waals surface area contributed by atoms with E-state index in [2.05, 4.69) is 15.9 Å². The smallest absolute Gasteiger partial charge is 0.315 e. The molecule has 0 aromatic heterocycles. The minimum Gasteiger partial charge on any atom is -0.485 e. The minimum absolute atomic E-state index is 0.0512. The van der Waals surface area contributed by atoms with E-state index >= 15 is 0 Å². The Morgan fingerprint density at radius 1 is 1.53 bits per heavy atom. The number of hydrogen-bond donors (Lipinski definition) is 0. The number of rotatable bonds is 2. The maximum atomic E-state index is 11.0. The van der Waals surface area contributed by atoms with Crippen LogP contribution in [0.3, 0.4) is 0 Å². The Bertz CT molecular complexity index is 473. The highest BCUT2D eigenvalue weighted by Gasteiger charge is 2.34. The normalized spacial score (nSPS) is 16.6. The second-order valence-electron chi connectivity index (χ2n) is 4.48. The Balaban J connectivity index is 2.55. The van der Waals surface area contributed by atoms with Crippen LogP contribution in [0, 0.1) is 10.1 Å². The highest BCUT2D eigenvalue weighted by Crippen LogP contribution is 2.43. The number of nitro benzene ring substituents is 1. The van der Waals surface area contributed by atoms with Crippen LogP contribution in [0.4, 0.5) is 5.69 Å². The van der Waals surface area contributed by atoms with Gasteiger partial charge in [0, 0.05) is 11.4 Å². The van der Waals surface area contributed by atoms with Crippen LogP contribution < -0.4 is 9.47 Å². The molecule has 0 spiro atoms. The maximum absolute atomic E-state index is 11.0. The van der Waals surface area contributed by atoms with Gasteiger partial charge in [-0.25, -0.2) is 0 Å². The third-order valence-corrected chi connectivity index (χ3v) is 3.05. The largest absolute Gasteiger partial charge is 0.485 e. The van der Waals surface area contributed by atoms with Gasteiger partial charge >= 0.3 is 5.69 Å². The predicted octanol–water partition coefficient (Wildman–Crippen LogP) is 3.04. The summed E-state index contributed by atoms with van der Waals surface area (Å²) < 4.78 is 11.2. The van der Waals surface area contributed by atoms with E-state index in [0.29, 0.717) is 17.7 Å². The van der Waals surface area contributed by atoms with Gasteiger partial charge < -0.3 is 9.47 Å². The highest BCUT2D eigenvalue weighted by molar-refractivity contribution is 9.08. The molecule has 0 amide bonds. The molecule has 0 aliphatic carbocycles. The van der Waals surface area contributed by atoms with Crippen molar-refractivity contribution in [3.05, 3.63) is 27.8 Å². The zero-order valence-electron chi connectivity index (χ0n) is 9.53. The van der Waals surface area contributed by atoms with E-state index < -0.39 is 10.5 Å². The molecule has 0 unspecified atom stereocenters. The predicted molar refractivity (Wildman–Crippen MR) is 65.9 cm³/mol. The van der Waals surface area contributed by atoms with Gasteiger partial charge in [-0.1, -0.05) is 15.9 Å². The maximum Gasteiger partial charge on any atom is 0.315 e. The lowest BCUT2D eigenvalue weighted by molar-refractivity contribution is -0.386. The fraction of sp³-hybridized carbons (Fsp3) is 0.455. The van der Waals surface area contributed by atoms with E-state index in [0.717, 1.165) is 5.56 Å². The molecule has 1 heterocycles. The molecular formula is C11H12BrNO4. The van der Waals surface area contributed by atoms with Crippen LogP contribution in [0.2, 0.25) is 0 Å². The molecule has 1 aromatic rings. The van der Waals surface area contributed by atoms with Crippen LogP contribution in [0.1, 0.15) is 19.4 Å². The van der Waals surface area contributed by atoms with Crippen molar-refractivity contribution in [2.24, 2.45) is 0 Å². The quantitative estimate of drug-likeness (QED) is 0.478. The van der Waals surface area contributed by atoms with E-state index in [1.807, 2.05) is 13.8 Å². The van der Waals surface area contributed by atoms with Gasteiger partial charge in [-0.2, -0.15) is 0 Å². The molecule has 1 aliphatic rings. The average Bonchev–Trinajstić information content (AvgIpc) is 2.26. The minimum atomic E-state index is -0.548. The summed E-state index contributed by atoms with van der Waals surface area (Å²) in [5.41, 5.74) is 0.191. The van der Waals surface area contributed by atoms with Crippen molar-refractivity contribution in [3.63, 3.8) is 0 Å². The second kappa shape index (κ2) is 4.18. The second-order valence-corrected chi connectivity index (χ2v) is 5.04. The fourth-order valence-corrected chi connectivity index (χ4v) is 1.95. The zero-order valence-corrected chi connectivity index (χ0v) is 11.1. The molecule has 0 bridgehead atoms. The third kappa shape index (κ3) is 2.36. The summed E-state index contributed by atoms with van der Waals surface area (Å²) in [4.78, 5) is 10.6. The molecule has 0 saturated heterocycles. The molecule has 6 heteroatoms. The van der Waals surface area contributed by atoms with Crippen molar-refractivity contribution in [1.82, 2.24) is 0 Å². The first-order chi connectivity index (χ1) is 7.93. The fourth-order valence-electron chi connectivity index (χ4n) is 1.62. The van der Waals surface area contributed by atoms with E-state index in [1.165, 1.54) is 6.07 Å². The monoisotopic (exact) mass is 301 g/mol. The van der Waals surface area contributed by atoms with E-state index in [4.69, 9.17) is 9.47 Å². The summed E-state index contributed by atoms with van der Waals surface area (Å²) in [7, 11) is 0. The lowest BCUT2D eigenvalue weighted by Crippen LogP contribution is -2.39. The summed E-state index contributed by atoms with van der Waals surface area (Å²) in [6, 6.07) is 3.25. The molecule has 1 aromatic carbocycles. The topological polar surface area (TPSA) is 61.6 Å². The Labute approximate surface area is 107 Å². The Morgan fingerprint density at radius 3 is 2.82 bits per heavy atom. The number of nitro groups is 1. The summed E-state index contributed by atoms with van der Waals surface area (Å²) in [5, 5.41) is 11.5. The molecule has 0 fully saturated rings. The van der Waals surface area contributed by atoms with Crippen molar-refractivity contribution in [1.29, 1.82) is 0 Å². The number of nitrogens with zero attached hydrogens (tertiary/aromatic N) is 1. The molecule has 17 heavy (non-hydrogen) atoms. The van der Waals surface area contributed by atoms with Crippen molar-refractivity contribution in [2.45, 2.75) is 24.8 Å². The number of halogens is 1. The Hall–Kier alpha value is -1.30. The van der Waals surface area contributed by atoms with Gasteiger partial charge in [-0.3, -0.25) is 10.1 Å². The van der Waals surface area contributed by atoms with E-state index in [-0.39, 0.29) is 11.4 Å². The van der Waals surface area contributed by atoms with Crippen LogP contribution in [0.5, 0.6) is 11.5 Å². The zero-order chi connectivity index (χ0) is 12.6. The number of benzene rings is 1. The van der Waals surface area contributed by atoms with Crippen molar-refractivity contribution < 1.29 is 14.4 Å². The molecule has 0 N–H and O–H groups in total. The standard InChI is InChI=1S/C11H12BrNO4/c1-11(2)6-16-9-4-7(5-12)3-8(13(14)15)10(9)17-11/h3-4H,5-6H2,1-2H3. The number of alkyl halides is 1. The van der Waals surface area contributed by atoms with Gasteiger partial charge in [0.2, 0.25) is 5.75 Å². The summed E-state index contributed by atoms with van der Waals surface area (Å²) in [6.45, 7) is 4.04. The van der Waals surface area contributed by atoms with Crippen LogP contribution in [0.15, 0.2) is 12.1 Å². The lowest BCUT2D eigenvalue weighted by atomic mass is 10.1. The van der Waals surface area contributed by atoms with Gasteiger partial charge in [-0.15, -0.1) is 0 Å². The Morgan fingerprint density at radius 2 is 2.24 bits per heavy atom. The molecule has 0 atom stereocenters. The number of ether oxygens (including phenoxy) is 2. The summed E-state index contributed by atoms with van der Waals surface area (Å²) in [6.07, 6.45) is 0.